The molecule has 32 heavy (non-hydrogen) atoms. The van der Waals surface area contributed by atoms with Gasteiger partial charge in [0.2, 0.25) is 0 Å². The van der Waals surface area contributed by atoms with Gasteiger partial charge in [-0.2, -0.15) is 19.6 Å². The molecule has 0 aromatic carbocycles. The Balaban J connectivity index is 1.38. The zero-order valence-corrected chi connectivity index (χ0v) is 19.1. The smallest absolute Gasteiger partial charge is 0.113 e. The van der Waals surface area contributed by atoms with Gasteiger partial charge in [-0.05, 0) is 104 Å². The largest absolute Gasteiger partial charge is 0.151 e. The lowest BCUT2D eigenvalue weighted by molar-refractivity contribution is -0.140. The molecule has 6 aliphatic rings. The van der Waals surface area contributed by atoms with E-state index in [0.29, 0.717) is 54.8 Å². The second kappa shape index (κ2) is 6.50. The van der Waals surface area contributed by atoms with E-state index in [1.54, 1.807) is 0 Å². The van der Waals surface area contributed by atoms with E-state index in [0.717, 1.165) is 38.5 Å². The van der Waals surface area contributed by atoms with Gasteiger partial charge in [0.25, 0.3) is 0 Å². The van der Waals surface area contributed by atoms with E-state index in [9.17, 15) is 19.6 Å². The van der Waals surface area contributed by atoms with Crippen LogP contribution in [0.1, 0.15) is 71.6 Å². The van der Waals surface area contributed by atoms with Crippen LogP contribution in [-0.4, -0.2) is 23.7 Å². The van der Waals surface area contributed by atoms with Gasteiger partial charge in [0.15, 0.2) is 0 Å². The summed E-state index contributed by atoms with van der Waals surface area (Å²) in [5.74, 6) is 3.01. The molecule has 0 radical (unpaired) electrons. The molecule has 6 saturated carbocycles. The third kappa shape index (κ3) is 2.16. The number of hydrogen-bond donors (Lipinski definition) is 0. The predicted molar refractivity (Wildman–Crippen MR) is 119 cm³/mol. The van der Waals surface area contributed by atoms with Crippen molar-refractivity contribution >= 4 is 0 Å². The minimum Gasteiger partial charge on any atom is -0.151 e. The van der Waals surface area contributed by atoms with Crippen LogP contribution < -0.4 is 0 Å². The van der Waals surface area contributed by atoms with Crippen LogP contribution in [0.3, 0.4) is 0 Å². The van der Waals surface area contributed by atoms with Gasteiger partial charge in [-0.3, -0.25) is 0 Å². The van der Waals surface area contributed by atoms with Crippen molar-refractivity contribution < 1.29 is 0 Å². The lowest BCUT2D eigenvalue weighted by atomic mass is 9.41. The van der Waals surface area contributed by atoms with Crippen molar-refractivity contribution in [2.75, 3.05) is 6.54 Å². The van der Waals surface area contributed by atoms with Crippen LogP contribution in [0.4, 0.5) is 0 Å². The topological polar surface area (TPSA) is 118 Å². The molecule has 6 rings (SSSR count). The number of nitroso groups, excluding NO2 is 4. The Bertz CT molecular complexity index is 884. The molecule has 0 spiro atoms. The second-order valence-corrected chi connectivity index (χ2v) is 12.6. The van der Waals surface area contributed by atoms with E-state index in [1.807, 2.05) is 0 Å². The van der Waals surface area contributed by atoms with Crippen LogP contribution in [0.5, 0.6) is 0 Å². The third-order valence-corrected chi connectivity index (χ3v) is 12.1. The van der Waals surface area contributed by atoms with Crippen LogP contribution in [0.2, 0.25) is 0 Å². The van der Waals surface area contributed by atoms with Crippen molar-refractivity contribution in [3.63, 3.8) is 0 Å². The first-order chi connectivity index (χ1) is 15.4. The fraction of sp³-hybridized carbons (Fsp3) is 1.00. The zero-order valence-electron chi connectivity index (χ0n) is 19.1. The third-order valence-electron chi connectivity index (χ3n) is 12.1. The molecule has 8 nitrogen and oxygen atoms in total. The average Bonchev–Trinajstić information content (AvgIpc) is 3.71. The van der Waals surface area contributed by atoms with Crippen molar-refractivity contribution in [3.8, 4) is 0 Å². The molecule has 174 valence electrons. The highest BCUT2D eigenvalue weighted by Gasteiger charge is 2.82. The number of rotatable bonds is 7. The van der Waals surface area contributed by atoms with Gasteiger partial charge in [-0.15, -0.1) is 0 Å². The number of nitrogens with zero attached hydrogens (tertiary/aromatic N) is 4. The van der Waals surface area contributed by atoms with Crippen LogP contribution in [0, 0.1) is 71.9 Å². The Morgan fingerprint density at radius 1 is 0.844 bits per heavy atom. The first-order valence-corrected chi connectivity index (χ1v) is 12.7. The maximum absolute atomic E-state index is 12.5. The standard InChI is InChI=1S/C24H34N4O4/c1-21-7-4-13(26-30)12-24(21,28-32)17-10-14(17)19-16(21)5-8-22(2)20(19)15-11-18(15)23(22,27-31)6-3-9-25-29/h13-20H,3-12H2,1-2H3/t13-,14-,15+,16?,17+,18-,19?,20?,21+,22-,23-,24+/m0/s1. The van der Waals surface area contributed by atoms with Crippen LogP contribution >= 0.6 is 0 Å². The summed E-state index contributed by atoms with van der Waals surface area (Å²) >= 11 is 0. The van der Waals surface area contributed by atoms with E-state index in [-0.39, 0.29) is 29.3 Å². The van der Waals surface area contributed by atoms with Crippen LogP contribution in [0.15, 0.2) is 20.7 Å². The molecule has 8 heteroatoms. The molecule has 6 aliphatic carbocycles. The van der Waals surface area contributed by atoms with Gasteiger partial charge < -0.3 is 0 Å². The Morgan fingerprint density at radius 2 is 1.59 bits per heavy atom. The van der Waals surface area contributed by atoms with Gasteiger partial charge in [-0.1, -0.05) is 34.6 Å². The van der Waals surface area contributed by atoms with E-state index >= 15 is 0 Å². The number of hydrogen-bond acceptors (Lipinski definition) is 8. The molecule has 12 atom stereocenters. The highest BCUT2D eigenvalue weighted by molar-refractivity contribution is 5.32. The summed E-state index contributed by atoms with van der Waals surface area (Å²) in [6, 6.07) is -0.287. The van der Waals surface area contributed by atoms with Crippen molar-refractivity contribution in [3.05, 3.63) is 19.6 Å². The first-order valence-electron chi connectivity index (χ1n) is 12.7. The van der Waals surface area contributed by atoms with Crippen molar-refractivity contribution in [2.24, 2.45) is 73.0 Å². The summed E-state index contributed by atoms with van der Waals surface area (Å²) in [7, 11) is 0. The molecular weight excluding hydrogens is 408 g/mol. The molecule has 3 unspecified atom stereocenters. The summed E-state index contributed by atoms with van der Waals surface area (Å²) in [5, 5.41) is 14.1. The van der Waals surface area contributed by atoms with Crippen LogP contribution in [-0.2, 0) is 0 Å². The molecular formula is C24H34N4O4. The highest BCUT2D eigenvalue weighted by Crippen LogP contribution is 2.83. The Morgan fingerprint density at radius 3 is 2.28 bits per heavy atom. The molecule has 0 N–H and O–H groups in total. The first kappa shape index (κ1) is 21.0. The van der Waals surface area contributed by atoms with Crippen LogP contribution in [0.25, 0.3) is 0 Å². The lowest BCUT2D eigenvalue weighted by Crippen LogP contribution is -2.64. The van der Waals surface area contributed by atoms with E-state index in [4.69, 9.17) is 0 Å². The Hall–Kier alpha value is -1.60. The van der Waals surface area contributed by atoms with Gasteiger partial charge in [0.1, 0.15) is 11.1 Å². The molecule has 0 heterocycles. The molecule has 0 bridgehead atoms. The molecule has 6 fully saturated rings. The van der Waals surface area contributed by atoms with Gasteiger partial charge >= 0.3 is 0 Å². The summed E-state index contributed by atoms with van der Waals surface area (Å²) in [5.41, 5.74) is -1.54. The van der Waals surface area contributed by atoms with Crippen molar-refractivity contribution in [1.29, 1.82) is 0 Å². The minimum absolute atomic E-state index is 0.133. The van der Waals surface area contributed by atoms with E-state index in [1.165, 1.54) is 0 Å². The molecule has 0 aliphatic heterocycles. The van der Waals surface area contributed by atoms with Gasteiger partial charge in [0.05, 0.1) is 12.6 Å². The molecule has 0 aromatic rings. The lowest BCUT2D eigenvalue weighted by Gasteiger charge is -2.64. The summed E-state index contributed by atoms with van der Waals surface area (Å²) < 4.78 is 0. The van der Waals surface area contributed by atoms with Gasteiger partial charge in [-0.25, -0.2) is 0 Å². The fourth-order valence-electron chi connectivity index (χ4n) is 10.7. The molecule has 0 aromatic heterocycles. The second-order valence-electron chi connectivity index (χ2n) is 12.6. The summed E-state index contributed by atoms with van der Waals surface area (Å²) in [6.45, 7) is 4.84. The maximum Gasteiger partial charge on any atom is 0.113 e. The van der Waals surface area contributed by atoms with Crippen molar-refractivity contribution in [1.82, 2.24) is 0 Å². The summed E-state index contributed by atoms with van der Waals surface area (Å²) in [6.07, 6.45) is 7.47. The highest BCUT2D eigenvalue weighted by atomic mass is 16.3. The Labute approximate surface area is 188 Å². The number of fused-ring (bicyclic) bond motifs is 10. The summed E-state index contributed by atoms with van der Waals surface area (Å²) in [4.78, 5) is 47.1. The van der Waals surface area contributed by atoms with E-state index < -0.39 is 11.1 Å². The normalized spacial score (nSPS) is 58.8. The molecule has 0 amide bonds. The average molecular weight is 443 g/mol. The van der Waals surface area contributed by atoms with Gasteiger partial charge in [0, 0.05) is 6.42 Å². The van der Waals surface area contributed by atoms with E-state index in [2.05, 4.69) is 34.6 Å². The zero-order chi connectivity index (χ0) is 22.5. The maximum atomic E-state index is 12.5. The van der Waals surface area contributed by atoms with Crippen molar-refractivity contribution in [2.45, 2.75) is 88.8 Å². The fourth-order valence-corrected chi connectivity index (χ4v) is 10.7. The molecule has 0 saturated heterocycles. The predicted octanol–water partition coefficient (Wildman–Crippen LogP) is 5.82. The Kier molecular flexibility index (Phi) is 4.26. The quantitative estimate of drug-likeness (QED) is 0.365. The minimum atomic E-state index is -0.652. The SMILES string of the molecule is C[C@]12CCC3C(C1[C@@H]1C[C@@H]1[C@]2(CCCN=O)N=O)[C@H]1C[C@H]1[C@]1(N=O)C[C@@H](N=O)CC[C@]31C. The monoisotopic (exact) mass is 442 g/mol.